The number of benzene rings is 1. The van der Waals surface area contributed by atoms with Gasteiger partial charge in [0.1, 0.15) is 11.3 Å². The highest BCUT2D eigenvalue weighted by Gasteiger charge is 2.27. The number of imide groups is 2. The smallest absolute Gasteiger partial charge is 0.328 e. The number of primary amides is 1. The molecule has 4 N–H and O–H groups in total. The zero-order valence-corrected chi connectivity index (χ0v) is 11.8. The highest BCUT2D eigenvalue weighted by atomic mass is 35.5. The average Bonchev–Trinajstić information content (AvgIpc) is 2.41. The summed E-state index contributed by atoms with van der Waals surface area (Å²) in [5.41, 5.74) is 5.15. The Morgan fingerprint density at radius 3 is 2.41 bits per heavy atom. The number of amides is 5. The van der Waals surface area contributed by atoms with Crippen LogP contribution in [0.1, 0.15) is 5.56 Å². The summed E-state index contributed by atoms with van der Waals surface area (Å²) >= 11 is 5.96. The molecule has 2 rings (SSSR count). The summed E-state index contributed by atoms with van der Waals surface area (Å²) in [7, 11) is 0. The number of hydrogen-bond acceptors (Lipinski definition) is 5. The lowest BCUT2D eigenvalue weighted by Crippen LogP contribution is -2.51. The second-order valence-electron chi connectivity index (χ2n) is 4.24. The first-order valence-corrected chi connectivity index (χ1v) is 6.33. The third-order valence-electron chi connectivity index (χ3n) is 2.58. The van der Waals surface area contributed by atoms with E-state index in [-0.39, 0.29) is 23.0 Å². The van der Waals surface area contributed by atoms with Gasteiger partial charge in [0.2, 0.25) is 0 Å². The lowest BCUT2D eigenvalue weighted by Gasteiger charge is -2.14. The molecule has 1 fully saturated rings. The van der Waals surface area contributed by atoms with E-state index in [0.717, 1.165) is 0 Å². The standard InChI is InChI=1S/C13H10ClN3O5/c14-8-4-6(1-2-9(8)22-5-10(15)18)3-7-11(19)16-13(21)17-12(7)20/h1-4H,5H2,(H2,15,18)(H2,16,17,19,20,21). The van der Waals surface area contributed by atoms with Crippen molar-refractivity contribution in [3.8, 4) is 5.75 Å². The van der Waals surface area contributed by atoms with Crippen LogP contribution in [-0.4, -0.2) is 30.4 Å². The normalized spacial score (nSPS) is 14.2. The number of halogens is 1. The van der Waals surface area contributed by atoms with Gasteiger partial charge in [0.05, 0.1) is 5.02 Å². The fourth-order valence-corrected chi connectivity index (χ4v) is 1.89. The molecule has 1 aromatic rings. The molecule has 1 aromatic carbocycles. The summed E-state index contributed by atoms with van der Waals surface area (Å²) in [5.74, 6) is -2.03. The van der Waals surface area contributed by atoms with Gasteiger partial charge in [-0.05, 0) is 23.8 Å². The fraction of sp³-hybridized carbons (Fsp3) is 0.0769. The van der Waals surface area contributed by atoms with Crippen LogP contribution in [0, 0.1) is 0 Å². The summed E-state index contributed by atoms with van der Waals surface area (Å²) in [6, 6.07) is 3.54. The Labute approximate surface area is 129 Å². The van der Waals surface area contributed by atoms with Crippen molar-refractivity contribution in [1.29, 1.82) is 0 Å². The minimum Gasteiger partial charge on any atom is -0.482 e. The first-order chi connectivity index (χ1) is 10.4. The van der Waals surface area contributed by atoms with E-state index in [1.165, 1.54) is 24.3 Å². The van der Waals surface area contributed by atoms with E-state index in [4.69, 9.17) is 22.1 Å². The molecule has 1 aliphatic heterocycles. The molecule has 0 radical (unpaired) electrons. The number of nitrogens with one attached hydrogen (secondary N) is 2. The number of barbiturate groups is 1. The molecule has 114 valence electrons. The van der Waals surface area contributed by atoms with Gasteiger partial charge < -0.3 is 10.5 Å². The average molecular weight is 324 g/mol. The topological polar surface area (TPSA) is 128 Å². The van der Waals surface area contributed by atoms with Crippen LogP contribution in [0.4, 0.5) is 4.79 Å². The van der Waals surface area contributed by atoms with Gasteiger partial charge in [-0.15, -0.1) is 0 Å². The molecule has 0 bridgehead atoms. The predicted molar refractivity (Wildman–Crippen MR) is 75.8 cm³/mol. The van der Waals surface area contributed by atoms with Gasteiger partial charge in [0.15, 0.2) is 6.61 Å². The van der Waals surface area contributed by atoms with Gasteiger partial charge >= 0.3 is 6.03 Å². The number of nitrogens with two attached hydrogens (primary N) is 1. The van der Waals surface area contributed by atoms with Gasteiger partial charge in [0.25, 0.3) is 17.7 Å². The van der Waals surface area contributed by atoms with E-state index < -0.39 is 23.8 Å². The zero-order chi connectivity index (χ0) is 16.3. The van der Waals surface area contributed by atoms with E-state index in [9.17, 15) is 19.2 Å². The van der Waals surface area contributed by atoms with Crippen molar-refractivity contribution in [3.63, 3.8) is 0 Å². The zero-order valence-electron chi connectivity index (χ0n) is 11.0. The van der Waals surface area contributed by atoms with Crippen LogP contribution < -0.4 is 21.1 Å². The first-order valence-electron chi connectivity index (χ1n) is 5.96. The lowest BCUT2D eigenvalue weighted by molar-refractivity contribution is -0.124. The van der Waals surface area contributed by atoms with Crippen molar-refractivity contribution >= 4 is 41.4 Å². The van der Waals surface area contributed by atoms with Crippen molar-refractivity contribution in [2.45, 2.75) is 0 Å². The monoisotopic (exact) mass is 323 g/mol. The molecule has 9 heteroatoms. The molecule has 0 aliphatic carbocycles. The maximum atomic E-state index is 11.6. The molecule has 1 heterocycles. The predicted octanol–water partition coefficient (Wildman–Crippen LogP) is -0.0465. The van der Waals surface area contributed by atoms with E-state index in [1.54, 1.807) is 0 Å². The molecule has 22 heavy (non-hydrogen) atoms. The number of urea groups is 1. The third-order valence-corrected chi connectivity index (χ3v) is 2.88. The van der Waals surface area contributed by atoms with Gasteiger partial charge in [-0.25, -0.2) is 4.79 Å². The number of carbonyl (C=O) groups excluding carboxylic acids is 4. The third kappa shape index (κ3) is 3.61. The van der Waals surface area contributed by atoms with Crippen LogP contribution >= 0.6 is 11.6 Å². The number of carbonyl (C=O) groups is 4. The van der Waals surface area contributed by atoms with Gasteiger partial charge in [0, 0.05) is 0 Å². The van der Waals surface area contributed by atoms with E-state index >= 15 is 0 Å². The van der Waals surface area contributed by atoms with Crippen LogP contribution in [0.25, 0.3) is 6.08 Å². The van der Waals surface area contributed by atoms with Crippen molar-refractivity contribution < 1.29 is 23.9 Å². The Balaban J connectivity index is 2.23. The van der Waals surface area contributed by atoms with E-state index in [0.29, 0.717) is 5.56 Å². The van der Waals surface area contributed by atoms with Gasteiger partial charge in [-0.2, -0.15) is 0 Å². The minimum atomic E-state index is -0.875. The molecule has 0 aromatic heterocycles. The summed E-state index contributed by atoms with van der Waals surface area (Å²) in [6.45, 7) is -0.326. The van der Waals surface area contributed by atoms with Crippen LogP contribution in [0.3, 0.4) is 0 Å². The lowest BCUT2D eigenvalue weighted by atomic mass is 10.1. The van der Waals surface area contributed by atoms with Crippen LogP contribution in [0.2, 0.25) is 5.02 Å². The molecular formula is C13H10ClN3O5. The SMILES string of the molecule is NC(=O)COc1ccc(C=C2C(=O)NC(=O)NC2=O)cc1Cl. The van der Waals surface area contributed by atoms with Crippen LogP contribution in [-0.2, 0) is 14.4 Å². The molecule has 0 saturated carbocycles. The summed E-state index contributed by atoms with van der Waals surface area (Å²) < 4.78 is 5.07. The molecule has 0 atom stereocenters. The Bertz CT molecular complexity index is 692. The molecule has 5 amide bonds. The summed E-state index contributed by atoms with van der Waals surface area (Å²) in [6.07, 6.45) is 1.26. The number of rotatable bonds is 4. The molecule has 0 unspecified atom stereocenters. The Morgan fingerprint density at radius 1 is 1.23 bits per heavy atom. The fourth-order valence-electron chi connectivity index (χ4n) is 1.65. The quantitative estimate of drug-likeness (QED) is 0.529. The Hall–Kier alpha value is -2.87. The van der Waals surface area contributed by atoms with Gasteiger partial charge in [-0.3, -0.25) is 25.0 Å². The van der Waals surface area contributed by atoms with Crippen LogP contribution in [0.5, 0.6) is 5.75 Å². The molecular weight excluding hydrogens is 314 g/mol. The second-order valence-corrected chi connectivity index (χ2v) is 4.65. The minimum absolute atomic E-state index is 0.170. The van der Waals surface area contributed by atoms with Crippen molar-refractivity contribution in [1.82, 2.24) is 10.6 Å². The first kappa shape index (κ1) is 15.5. The molecule has 1 saturated heterocycles. The Morgan fingerprint density at radius 2 is 1.86 bits per heavy atom. The van der Waals surface area contributed by atoms with Crippen LogP contribution in [0.15, 0.2) is 23.8 Å². The molecule has 0 spiro atoms. The largest absolute Gasteiger partial charge is 0.482 e. The summed E-state index contributed by atoms with van der Waals surface area (Å²) in [4.78, 5) is 44.7. The van der Waals surface area contributed by atoms with E-state index in [1.807, 2.05) is 10.6 Å². The van der Waals surface area contributed by atoms with Crippen molar-refractivity contribution in [2.24, 2.45) is 5.73 Å². The Kier molecular flexibility index (Phi) is 4.42. The molecule has 1 aliphatic rings. The number of ether oxygens (including phenoxy) is 1. The highest BCUT2D eigenvalue weighted by Crippen LogP contribution is 2.26. The summed E-state index contributed by atoms with van der Waals surface area (Å²) in [5, 5.41) is 4.07. The van der Waals surface area contributed by atoms with Crippen molar-refractivity contribution in [2.75, 3.05) is 6.61 Å². The van der Waals surface area contributed by atoms with Gasteiger partial charge in [-0.1, -0.05) is 17.7 Å². The van der Waals surface area contributed by atoms with Crippen molar-refractivity contribution in [3.05, 3.63) is 34.4 Å². The maximum absolute atomic E-state index is 11.6. The second kappa shape index (κ2) is 6.27. The van der Waals surface area contributed by atoms with E-state index in [2.05, 4.69) is 0 Å². The maximum Gasteiger partial charge on any atom is 0.328 e. The molecule has 8 nitrogen and oxygen atoms in total. The highest BCUT2D eigenvalue weighted by molar-refractivity contribution is 6.33. The number of hydrogen-bond donors (Lipinski definition) is 3.